The third-order valence-electron chi connectivity index (χ3n) is 5.85. The van der Waals surface area contributed by atoms with E-state index in [1.165, 1.54) is 7.11 Å². The minimum atomic E-state index is -0.396. The van der Waals surface area contributed by atoms with Crippen LogP contribution in [0.15, 0.2) is 94.6 Å². The number of likely N-dealkylation sites (tertiary alicyclic amines) is 1. The van der Waals surface area contributed by atoms with E-state index < -0.39 is 6.04 Å². The highest BCUT2D eigenvalue weighted by molar-refractivity contribution is 6.00. The van der Waals surface area contributed by atoms with E-state index in [-0.39, 0.29) is 5.91 Å². The van der Waals surface area contributed by atoms with E-state index in [1.54, 1.807) is 4.90 Å². The van der Waals surface area contributed by atoms with Gasteiger partial charge in [0.2, 0.25) is 5.89 Å². The molecule has 0 bridgehead atoms. The van der Waals surface area contributed by atoms with Crippen LogP contribution in [-0.2, 0) is 11.3 Å². The van der Waals surface area contributed by atoms with Crippen molar-refractivity contribution in [1.29, 1.82) is 0 Å². The van der Waals surface area contributed by atoms with Crippen LogP contribution >= 0.6 is 0 Å². The molecular formula is C27H24N4O3. The fraction of sp³-hybridized carbons (Fsp3) is 0.185. The summed E-state index contributed by atoms with van der Waals surface area (Å²) < 4.78 is 5.59. The second-order valence-electron chi connectivity index (χ2n) is 8.15. The molecule has 1 atom stereocenters. The summed E-state index contributed by atoms with van der Waals surface area (Å²) in [5.41, 5.74) is 4.59. The van der Waals surface area contributed by atoms with Crippen LogP contribution in [0.25, 0.3) is 11.1 Å². The Labute approximate surface area is 197 Å². The molecule has 0 N–H and O–H groups in total. The van der Waals surface area contributed by atoms with Crippen LogP contribution in [0.3, 0.4) is 0 Å². The van der Waals surface area contributed by atoms with Crippen molar-refractivity contribution in [2.24, 2.45) is 5.16 Å². The summed E-state index contributed by atoms with van der Waals surface area (Å²) in [7, 11) is 1.50. The first kappa shape index (κ1) is 21.6. The van der Waals surface area contributed by atoms with Gasteiger partial charge >= 0.3 is 0 Å². The Morgan fingerprint density at radius 2 is 1.68 bits per heavy atom. The number of amides is 1. The van der Waals surface area contributed by atoms with Crippen LogP contribution in [0.4, 0.5) is 0 Å². The molecule has 1 aliphatic rings. The van der Waals surface area contributed by atoms with Crippen LogP contribution in [-0.4, -0.2) is 40.3 Å². The molecule has 34 heavy (non-hydrogen) atoms. The largest absolute Gasteiger partial charge is 0.399 e. The zero-order valence-electron chi connectivity index (χ0n) is 18.8. The lowest BCUT2D eigenvalue weighted by Crippen LogP contribution is -2.31. The third kappa shape index (κ3) is 4.59. The molecule has 3 aromatic carbocycles. The van der Waals surface area contributed by atoms with E-state index in [2.05, 4.69) is 15.3 Å². The summed E-state index contributed by atoms with van der Waals surface area (Å²) >= 11 is 0. The molecule has 4 aromatic rings. The maximum absolute atomic E-state index is 13.5. The Morgan fingerprint density at radius 1 is 1.00 bits per heavy atom. The third-order valence-corrected chi connectivity index (χ3v) is 5.85. The summed E-state index contributed by atoms with van der Waals surface area (Å²) in [6, 6.07) is 27.2. The molecule has 0 unspecified atom stereocenters. The van der Waals surface area contributed by atoms with Gasteiger partial charge in [0.25, 0.3) is 5.91 Å². The highest BCUT2D eigenvalue weighted by Crippen LogP contribution is 2.32. The van der Waals surface area contributed by atoms with Crippen LogP contribution in [0.5, 0.6) is 0 Å². The number of carbonyl (C=O) groups is 1. The highest BCUT2D eigenvalue weighted by atomic mass is 16.6. The highest BCUT2D eigenvalue weighted by Gasteiger charge is 2.38. The summed E-state index contributed by atoms with van der Waals surface area (Å²) in [5.74, 6) is 0.869. The zero-order chi connectivity index (χ0) is 23.3. The summed E-state index contributed by atoms with van der Waals surface area (Å²) in [6.07, 6.45) is 1.04. The fourth-order valence-corrected chi connectivity index (χ4v) is 4.19. The van der Waals surface area contributed by atoms with Gasteiger partial charge in [0.05, 0.1) is 12.3 Å². The molecule has 2 heterocycles. The van der Waals surface area contributed by atoms with E-state index in [9.17, 15) is 4.79 Å². The van der Waals surface area contributed by atoms with Crippen LogP contribution in [0.2, 0.25) is 0 Å². The number of hydrogen-bond donors (Lipinski definition) is 0. The van der Waals surface area contributed by atoms with E-state index >= 15 is 0 Å². The zero-order valence-corrected chi connectivity index (χ0v) is 18.8. The lowest BCUT2D eigenvalue weighted by Gasteiger charge is -2.21. The Kier molecular flexibility index (Phi) is 6.16. The maximum atomic E-state index is 13.5. The van der Waals surface area contributed by atoms with Crippen molar-refractivity contribution in [2.45, 2.75) is 18.9 Å². The van der Waals surface area contributed by atoms with Gasteiger partial charge in [0.15, 0.2) is 5.82 Å². The summed E-state index contributed by atoms with van der Waals surface area (Å²) in [5, 5.41) is 8.23. The van der Waals surface area contributed by atoms with Crippen LogP contribution < -0.4 is 0 Å². The smallest absolute Gasteiger partial charge is 0.254 e. The minimum absolute atomic E-state index is 0.117. The Morgan fingerprint density at radius 3 is 2.38 bits per heavy atom. The number of carbonyl (C=O) groups excluding carboxylic acids is 1. The first-order valence-corrected chi connectivity index (χ1v) is 11.1. The molecule has 0 radical (unpaired) electrons. The molecule has 0 aliphatic carbocycles. The van der Waals surface area contributed by atoms with Gasteiger partial charge in [-0.2, -0.15) is 4.98 Å². The molecule has 0 spiro atoms. The predicted octanol–water partition coefficient (Wildman–Crippen LogP) is 4.92. The number of rotatable bonds is 6. The van der Waals surface area contributed by atoms with Crippen LogP contribution in [0.1, 0.15) is 40.1 Å². The Bertz CT molecular complexity index is 1280. The van der Waals surface area contributed by atoms with Gasteiger partial charge in [-0.3, -0.25) is 4.79 Å². The van der Waals surface area contributed by atoms with Gasteiger partial charge in [0.1, 0.15) is 13.2 Å². The average Bonchev–Trinajstić information content (AvgIpc) is 3.52. The standard InChI is InChI=1S/C27H24N4O3/c1-33-29-23-17-24(26-28-25(30-34-26)16-19-8-4-2-5-9-19)31(18-23)27(32)22-14-12-21(13-15-22)20-10-6-3-7-11-20/h2-15,24H,16-18H2,1H3/b29-23+/t24-/m0/s1. The molecular weight excluding hydrogens is 428 g/mol. The first-order valence-electron chi connectivity index (χ1n) is 11.1. The summed E-state index contributed by atoms with van der Waals surface area (Å²) in [6.45, 7) is 0.341. The van der Waals surface area contributed by atoms with Crippen molar-refractivity contribution < 1.29 is 14.2 Å². The Hall–Kier alpha value is -4.26. The maximum Gasteiger partial charge on any atom is 0.254 e. The number of oxime groups is 1. The van der Waals surface area contributed by atoms with E-state index in [1.807, 2.05) is 84.9 Å². The second-order valence-corrected chi connectivity index (χ2v) is 8.15. The van der Waals surface area contributed by atoms with E-state index in [0.29, 0.717) is 36.7 Å². The topological polar surface area (TPSA) is 80.8 Å². The normalized spacial score (nSPS) is 16.7. The monoisotopic (exact) mass is 452 g/mol. The van der Waals surface area contributed by atoms with E-state index in [4.69, 9.17) is 9.36 Å². The van der Waals surface area contributed by atoms with Crippen molar-refractivity contribution in [3.8, 4) is 11.1 Å². The lowest BCUT2D eigenvalue weighted by molar-refractivity contribution is 0.0713. The Balaban J connectivity index is 1.38. The molecule has 1 aliphatic heterocycles. The quantitative estimate of drug-likeness (QED) is 0.388. The van der Waals surface area contributed by atoms with Crippen molar-refractivity contribution >= 4 is 11.6 Å². The van der Waals surface area contributed by atoms with Crippen molar-refractivity contribution in [3.63, 3.8) is 0 Å². The number of nitrogens with zero attached hydrogens (tertiary/aromatic N) is 4. The van der Waals surface area contributed by atoms with Crippen molar-refractivity contribution in [1.82, 2.24) is 15.0 Å². The van der Waals surface area contributed by atoms with Gasteiger partial charge in [-0.1, -0.05) is 83.1 Å². The predicted molar refractivity (Wildman–Crippen MR) is 128 cm³/mol. The average molecular weight is 453 g/mol. The molecule has 5 rings (SSSR count). The van der Waals surface area contributed by atoms with Gasteiger partial charge in [0, 0.05) is 18.4 Å². The van der Waals surface area contributed by atoms with Gasteiger partial charge < -0.3 is 14.3 Å². The molecule has 1 saturated heterocycles. The molecule has 170 valence electrons. The fourth-order valence-electron chi connectivity index (χ4n) is 4.19. The van der Waals surface area contributed by atoms with Gasteiger partial charge in [-0.05, 0) is 28.8 Å². The number of benzene rings is 3. The number of hydrogen-bond acceptors (Lipinski definition) is 6. The summed E-state index contributed by atoms with van der Waals surface area (Å²) in [4.78, 5) is 24.8. The first-order chi connectivity index (χ1) is 16.7. The molecule has 7 heteroatoms. The minimum Gasteiger partial charge on any atom is -0.399 e. The van der Waals surface area contributed by atoms with Crippen LogP contribution in [0, 0.1) is 0 Å². The molecule has 1 amide bonds. The second kappa shape index (κ2) is 9.70. The van der Waals surface area contributed by atoms with Crippen molar-refractivity contribution in [3.05, 3.63) is 108 Å². The SMILES string of the molecule is CO/N=C1\C[C@@H](c2nc(Cc3ccccc3)no2)N(C(=O)c2ccc(-c3ccccc3)cc2)C1. The van der Waals surface area contributed by atoms with Crippen molar-refractivity contribution in [2.75, 3.05) is 13.7 Å². The molecule has 7 nitrogen and oxygen atoms in total. The van der Waals surface area contributed by atoms with Gasteiger partial charge in [-0.15, -0.1) is 0 Å². The van der Waals surface area contributed by atoms with Gasteiger partial charge in [-0.25, -0.2) is 0 Å². The van der Waals surface area contributed by atoms with E-state index in [0.717, 1.165) is 22.4 Å². The molecule has 1 aromatic heterocycles. The molecule has 0 saturated carbocycles. The lowest BCUT2D eigenvalue weighted by atomic mass is 10.0. The number of aromatic nitrogens is 2. The molecule has 1 fully saturated rings.